The summed E-state index contributed by atoms with van der Waals surface area (Å²) in [4.78, 5) is 13.9. The van der Waals surface area contributed by atoms with Crippen LogP contribution in [0.2, 0.25) is 0 Å². The zero-order chi connectivity index (χ0) is 18.8. The number of amides is 1. The molecular formula is C18H16FN5OS2. The highest BCUT2D eigenvalue weighted by Crippen LogP contribution is 2.34. The van der Waals surface area contributed by atoms with Crippen LogP contribution in [0, 0.1) is 5.82 Å². The highest BCUT2D eigenvalue weighted by Gasteiger charge is 2.33. The zero-order valence-corrected chi connectivity index (χ0v) is 16.1. The molecule has 3 aromatic rings. The Labute approximate surface area is 163 Å². The maximum absolute atomic E-state index is 13.3. The molecule has 6 nitrogen and oxygen atoms in total. The van der Waals surface area contributed by atoms with Gasteiger partial charge < -0.3 is 4.57 Å². The Morgan fingerprint density at radius 1 is 1.33 bits per heavy atom. The Hall–Kier alpha value is -2.52. The summed E-state index contributed by atoms with van der Waals surface area (Å²) in [6, 6.07) is 9.96. The molecule has 0 fully saturated rings. The van der Waals surface area contributed by atoms with Crippen molar-refractivity contribution in [1.29, 1.82) is 0 Å². The number of aromatic nitrogens is 3. The second-order valence-corrected chi connectivity index (χ2v) is 7.94. The normalized spacial score (nSPS) is 16.6. The van der Waals surface area contributed by atoms with Crippen LogP contribution in [-0.2, 0) is 11.8 Å². The molecule has 0 saturated carbocycles. The minimum absolute atomic E-state index is 0.121. The van der Waals surface area contributed by atoms with E-state index in [2.05, 4.69) is 15.3 Å². The maximum atomic E-state index is 13.3. The fraction of sp³-hybridized carbons (Fsp3) is 0.222. The van der Waals surface area contributed by atoms with E-state index in [0.29, 0.717) is 11.6 Å². The molecule has 1 unspecified atom stereocenters. The van der Waals surface area contributed by atoms with Crippen LogP contribution in [-0.4, -0.2) is 37.1 Å². The highest BCUT2D eigenvalue weighted by atomic mass is 32.2. The van der Waals surface area contributed by atoms with Crippen molar-refractivity contribution in [2.75, 3.05) is 5.75 Å². The fourth-order valence-corrected chi connectivity index (χ4v) is 4.33. The SMILES string of the molecule is Cn1cnnc1SCC(=O)N1N=C(c2cccs2)CC1c1ccc(F)cc1. The first-order valence-electron chi connectivity index (χ1n) is 8.27. The standard InChI is InChI=1S/C18H16FN5OS2/c1-23-11-20-21-18(23)27-10-17(25)24-15(12-4-6-13(19)7-5-12)9-14(22-24)16-3-2-8-26-16/h2-8,11,15H,9-10H2,1H3. The number of thiophene rings is 1. The lowest BCUT2D eigenvalue weighted by Crippen LogP contribution is -2.28. The quantitative estimate of drug-likeness (QED) is 0.614. The first kappa shape index (κ1) is 17.9. The average molecular weight is 401 g/mol. The van der Waals surface area contributed by atoms with E-state index in [0.717, 1.165) is 16.2 Å². The molecule has 0 spiro atoms. The van der Waals surface area contributed by atoms with Crippen LogP contribution in [0.4, 0.5) is 4.39 Å². The van der Waals surface area contributed by atoms with Gasteiger partial charge in [-0.05, 0) is 29.1 Å². The molecule has 0 radical (unpaired) electrons. The van der Waals surface area contributed by atoms with Gasteiger partial charge in [0.15, 0.2) is 5.16 Å². The van der Waals surface area contributed by atoms with Crippen molar-refractivity contribution < 1.29 is 9.18 Å². The predicted molar refractivity (Wildman–Crippen MR) is 103 cm³/mol. The Bertz CT molecular complexity index is 968. The first-order valence-corrected chi connectivity index (χ1v) is 10.1. The van der Waals surface area contributed by atoms with Gasteiger partial charge in [0.25, 0.3) is 5.91 Å². The van der Waals surface area contributed by atoms with E-state index < -0.39 is 0 Å². The van der Waals surface area contributed by atoms with Gasteiger partial charge in [-0.25, -0.2) is 9.40 Å². The van der Waals surface area contributed by atoms with Gasteiger partial charge in [0, 0.05) is 13.5 Å². The lowest BCUT2D eigenvalue weighted by molar-refractivity contribution is -0.130. The molecule has 1 aromatic carbocycles. The van der Waals surface area contributed by atoms with E-state index in [4.69, 9.17) is 0 Å². The number of aryl methyl sites for hydroxylation is 1. The summed E-state index contributed by atoms with van der Waals surface area (Å²) in [5, 5.41) is 16.6. The molecule has 0 bridgehead atoms. The van der Waals surface area contributed by atoms with Crippen molar-refractivity contribution in [3.63, 3.8) is 0 Å². The summed E-state index contributed by atoms with van der Waals surface area (Å²) < 4.78 is 15.1. The van der Waals surface area contributed by atoms with Crippen LogP contribution >= 0.6 is 23.1 Å². The topological polar surface area (TPSA) is 63.4 Å². The number of benzene rings is 1. The third kappa shape index (κ3) is 3.79. The number of halogens is 1. The third-order valence-corrected chi connectivity index (χ3v) is 6.16. The molecule has 0 saturated heterocycles. The number of hydrogen-bond donors (Lipinski definition) is 0. The summed E-state index contributed by atoms with van der Waals surface area (Å²) in [5.74, 6) is -0.221. The lowest BCUT2D eigenvalue weighted by atomic mass is 10.0. The molecule has 9 heteroatoms. The fourth-order valence-electron chi connectivity index (χ4n) is 2.87. The molecule has 4 rings (SSSR count). The van der Waals surface area contributed by atoms with E-state index in [-0.39, 0.29) is 23.5 Å². The van der Waals surface area contributed by atoms with Crippen molar-refractivity contribution in [2.45, 2.75) is 17.6 Å². The lowest BCUT2D eigenvalue weighted by Gasteiger charge is -2.21. The van der Waals surface area contributed by atoms with Gasteiger partial charge in [-0.15, -0.1) is 21.5 Å². The van der Waals surface area contributed by atoms with Gasteiger partial charge in [-0.1, -0.05) is 30.0 Å². The summed E-state index contributed by atoms with van der Waals surface area (Å²) in [6.45, 7) is 0. The van der Waals surface area contributed by atoms with Crippen LogP contribution < -0.4 is 0 Å². The van der Waals surface area contributed by atoms with E-state index in [9.17, 15) is 9.18 Å². The third-order valence-electron chi connectivity index (χ3n) is 4.22. The van der Waals surface area contributed by atoms with Crippen LogP contribution in [0.25, 0.3) is 0 Å². The number of rotatable bonds is 5. The number of carbonyl (C=O) groups excluding carboxylic acids is 1. The van der Waals surface area contributed by atoms with Gasteiger partial charge in [-0.3, -0.25) is 4.79 Å². The second-order valence-electron chi connectivity index (χ2n) is 6.05. The van der Waals surface area contributed by atoms with Gasteiger partial charge in [0.2, 0.25) is 0 Å². The van der Waals surface area contributed by atoms with Crippen LogP contribution in [0.15, 0.2) is 58.4 Å². The molecular weight excluding hydrogens is 385 g/mol. The molecule has 27 heavy (non-hydrogen) atoms. The van der Waals surface area contributed by atoms with Crippen molar-refractivity contribution in [3.8, 4) is 0 Å². The Morgan fingerprint density at radius 3 is 2.81 bits per heavy atom. The number of hydrogen-bond acceptors (Lipinski definition) is 6. The minimum atomic E-state index is -0.299. The molecule has 0 aliphatic carbocycles. The summed E-state index contributed by atoms with van der Waals surface area (Å²) in [6.07, 6.45) is 2.20. The van der Waals surface area contributed by atoms with Crippen molar-refractivity contribution >= 4 is 34.7 Å². The molecule has 138 valence electrons. The summed E-state index contributed by atoms with van der Waals surface area (Å²) in [5.41, 5.74) is 1.74. The largest absolute Gasteiger partial charge is 0.312 e. The molecule has 1 amide bonds. The van der Waals surface area contributed by atoms with Crippen molar-refractivity contribution in [2.24, 2.45) is 12.1 Å². The number of nitrogens with zero attached hydrogens (tertiary/aromatic N) is 5. The highest BCUT2D eigenvalue weighted by molar-refractivity contribution is 7.99. The van der Waals surface area contributed by atoms with Crippen LogP contribution in [0.1, 0.15) is 22.9 Å². The Morgan fingerprint density at radius 2 is 2.15 bits per heavy atom. The van der Waals surface area contributed by atoms with Crippen molar-refractivity contribution in [3.05, 3.63) is 64.4 Å². The van der Waals surface area contributed by atoms with Crippen LogP contribution in [0.5, 0.6) is 0 Å². The van der Waals surface area contributed by atoms with E-state index in [1.807, 2.05) is 24.6 Å². The van der Waals surface area contributed by atoms with E-state index >= 15 is 0 Å². The predicted octanol–water partition coefficient (Wildman–Crippen LogP) is 3.49. The van der Waals surface area contributed by atoms with Gasteiger partial charge in [0.05, 0.1) is 22.4 Å². The number of carbonyl (C=O) groups is 1. The van der Waals surface area contributed by atoms with Gasteiger partial charge in [-0.2, -0.15) is 5.10 Å². The molecule has 0 N–H and O–H groups in total. The zero-order valence-electron chi connectivity index (χ0n) is 14.4. The first-order chi connectivity index (χ1) is 13.1. The Balaban J connectivity index is 1.57. The average Bonchev–Trinajstić information content (AvgIpc) is 3.41. The number of hydrazone groups is 1. The molecule has 2 aromatic heterocycles. The second kappa shape index (κ2) is 7.61. The van der Waals surface area contributed by atoms with Gasteiger partial charge in [0.1, 0.15) is 12.1 Å². The Kier molecular flexibility index (Phi) is 5.04. The molecule has 1 aliphatic heterocycles. The number of thioether (sulfide) groups is 1. The maximum Gasteiger partial charge on any atom is 0.253 e. The summed E-state index contributed by atoms with van der Waals surface area (Å²) in [7, 11) is 1.83. The van der Waals surface area contributed by atoms with E-state index in [1.54, 1.807) is 34.4 Å². The summed E-state index contributed by atoms with van der Waals surface area (Å²) >= 11 is 2.91. The molecule has 3 heterocycles. The van der Waals surface area contributed by atoms with Crippen LogP contribution in [0.3, 0.4) is 0 Å². The van der Waals surface area contributed by atoms with Crippen molar-refractivity contribution in [1.82, 2.24) is 19.8 Å². The van der Waals surface area contributed by atoms with E-state index in [1.165, 1.54) is 28.9 Å². The molecule has 1 atom stereocenters. The molecule has 1 aliphatic rings. The smallest absolute Gasteiger partial charge is 0.253 e. The monoisotopic (exact) mass is 401 g/mol. The van der Waals surface area contributed by atoms with Gasteiger partial charge >= 0.3 is 0 Å². The minimum Gasteiger partial charge on any atom is -0.312 e.